The summed E-state index contributed by atoms with van der Waals surface area (Å²) in [6.07, 6.45) is 15.6. The Morgan fingerprint density at radius 2 is 1.00 bits per heavy atom. The van der Waals surface area contributed by atoms with Crippen molar-refractivity contribution in [3.8, 4) is 10.4 Å². The van der Waals surface area contributed by atoms with Crippen LogP contribution in [0.4, 0.5) is 0 Å². The first-order valence-corrected chi connectivity index (χ1v) is 15.7. The van der Waals surface area contributed by atoms with Gasteiger partial charge >= 0.3 is 10.4 Å². The zero-order valence-corrected chi connectivity index (χ0v) is 23.0. The van der Waals surface area contributed by atoms with Gasteiger partial charge in [-0.1, -0.05) is 88.3 Å². The van der Waals surface area contributed by atoms with E-state index in [0.717, 1.165) is 11.5 Å². The van der Waals surface area contributed by atoms with E-state index in [2.05, 4.69) is 24.0 Å². The molecular formula is C20H38N2O4S5. The van der Waals surface area contributed by atoms with Crippen molar-refractivity contribution in [2.75, 3.05) is 23.4 Å². The fourth-order valence-electron chi connectivity index (χ4n) is 2.52. The van der Waals surface area contributed by atoms with Crippen molar-refractivity contribution in [1.82, 2.24) is 10.2 Å². The molecule has 182 valence electrons. The summed E-state index contributed by atoms with van der Waals surface area (Å²) in [5.41, 5.74) is 0. The second-order valence-electron chi connectivity index (χ2n) is 6.89. The third kappa shape index (κ3) is 19.6. The fraction of sp³-hybridized carbons (Fsp3) is 0.900. The van der Waals surface area contributed by atoms with E-state index in [4.69, 9.17) is 16.7 Å². The van der Waals surface area contributed by atoms with Gasteiger partial charge in [0.25, 0.3) is 0 Å². The third-order valence-electron chi connectivity index (χ3n) is 4.17. The minimum atomic E-state index is 0.453. The molecule has 0 radical (unpaired) electrons. The molecule has 11 heteroatoms. The maximum absolute atomic E-state index is 5.49. The number of hydrogen-bond acceptors (Lipinski definition) is 11. The highest BCUT2D eigenvalue weighted by Gasteiger charge is 2.08. The van der Waals surface area contributed by atoms with Crippen LogP contribution >= 0.6 is 59.5 Å². The molecule has 0 amide bonds. The Bertz CT molecular complexity index is 459. The molecule has 0 aliphatic heterocycles. The summed E-state index contributed by atoms with van der Waals surface area (Å²) in [7, 11) is 0. The van der Waals surface area contributed by atoms with E-state index in [1.807, 2.05) is 0 Å². The Kier molecular flexibility index (Phi) is 22.5. The first-order valence-electron chi connectivity index (χ1n) is 11.3. The molecule has 1 aromatic heterocycles. The smallest absolute Gasteiger partial charge is 0.309 e. The molecule has 0 N–H and O–H groups in total. The van der Waals surface area contributed by atoms with Crippen molar-refractivity contribution in [1.29, 1.82) is 0 Å². The van der Waals surface area contributed by atoms with Crippen LogP contribution in [0.15, 0.2) is 0 Å². The lowest BCUT2D eigenvalue weighted by molar-refractivity contribution is 0.449. The van der Waals surface area contributed by atoms with Crippen LogP contribution in [0.25, 0.3) is 0 Å². The molecular weight excluding hydrogens is 493 g/mol. The average molecular weight is 531 g/mol. The van der Waals surface area contributed by atoms with Crippen LogP contribution < -0.4 is 8.37 Å². The average Bonchev–Trinajstić information content (AvgIpc) is 3.23. The largest absolute Gasteiger partial charge is 0.392 e. The molecule has 1 rings (SSSR count). The van der Waals surface area contributed by atoms with Crippen molar-refractivity contribution in [2.24, 2.45) is 0 Å². The molecule has 0 bridgehead atoms. The monoisotopic (exact) mass is 530 g/mol. The Labute approximate surface area is 210 Å². The molecule has 0 spiro atoms. The number of unbranched alkanes of at least 4 members (excludes halogenated alkanes) is 10. The number of rotatable bonds is 24. The van der Waals surface area contributed by atoms with Gasteiger partial charge in [-0.3, -0.25) is 0 Å². The van der Waals surface area contributed by atoms with Crippen molar-refractivity contribution in [3.63, 3.8) is 0 Å². The van der Waals surface area contributed by atoms with E-state index in [0.29, 0.717) is 22.3 Å². The molecule has 0 unspecified atom stereocenters. The second kappa shape index (κ2) is 23.6. The topological polar surface area (TPSA) is 62.7 Å². The van der Waals surface area contributed by atoms with Gasteiger partial charge in [-0.05, 0) is 48.3 Å². The highest BCUT2D eigenvalue weighted by Crippen LogP contribution is 2.29. The Balaban J connectivity index is 1.86. The first-order chi connectivity index (χ1) is 15.4. The zero-order chi connectivity index (χ0) is 22.2. The van der Waals surface area contributed by atoms with Gasteiger partial charge < -0.3 is 16.7 Å². The Hall–Kier alpha value is 0.480. The minimum absolute atomic E-state index is 0.453. The molecule has 1 aromatic rings. The van der Waals surface area contributed by atoms with Crippen molar-refractivity contribution < 1.29 is 16.7 Å². The number of aromatic nitrogens is 2. The quantitative estimate of drug-likeness (QED) is 0.0737. The summed E-state index contributed by atoms with van der Waals surface area (Å²) in [6, 6.07) is 0. The predicted molar refractivity (Wildman–Crippen MR) is 140 cm³/mol. The maximum atomic E-state index is 5.49. The lowest BCUT2D eigenvalue weighted by Gasteiger charge is -2.02. The van der Waals surface area contributed by atoms with E-state index >= 15 is 0 Å². The maximum Gasteiger partial charge on any atom is 0.309 e. The summed E-state index contributed by atoms with van der Waals surface area (Å²) in [6.45, 7) is 4.48. The van der Waals surface area contributed by atoms with Gasteiger partial charge in [0, 0.05) is 11.5 Å². The van der Waals surface area contributed by atoms with Crippen LogP contribution in [0.3, 0.4) is 0 Å². The summed E-state index contributed by atoms with van der Waals surface area (Å²) in [5.74, 6) is 2.96. The molecule has 0 aliphatic carbocycles. The van der Waals surface area contributed by atoms with Crippen LogP contribution in [-0.4, -0.2) is 33.6 Å². The molecule has 1 heterocycles. The fourth-order valence-corrected chi connectivity index (χ4v) is 5.50. The number of hydrogen-bond donors (Lipinski definition) is 0. The Morgan fingerprint density at radius 3 is 1.45 bits per heavy atom. The van der Waals surface area contributed by atoms with Gasteiger partial charge in [-0.25, -0.2) is 0 Å². The van der Waals surface area contributed by atoms with Crippen LogP contribution in [0, 0.1) is 0 Å². The van der Waals surface area contributed by atoms with E-state index in [-0.39, 0.29) is 0 Å². The van der Waals surface area contributed by atoms with Gasteiger partial charge in [0.15, 0.2) is 0 Å². The van der Waals surface area contributed by atoms with Crippen molar-refractivity contribution in [2.45, 2.75) is 90.9 Å². The van der Waals surface area contributed by atoms with Crippen LogP contribution in [-0.2, 0) is 8.37 Å². The number of nitrogens with zero attached hydrogens (tertiary/aromatic N) is 2. The highest BCUT2D eigenvalue weighted by atomic mass is 32.2. The molecule has 0 fully saturated rings. The lowest BCUT2D eigenvalue weighted by atomic mass is 10.1. The molecule has 31 heavy (non-hydrogen) atoms. The van der Waals surface area contributed by atoms with E-state index in [1.54, 1.807) is 0 Å². The van der Waals surface area contributed by atoms with Gasteiger partial charge in [0.1, 0.15) is 11.9 Å². The van der Waals surface area contributed by atoms with Crippen molar-refractivity contribution in [3.05, 3.63) is 0 Å². The summed E-state index contributed by atoms with van der Waals surface area (Å²) < 4.78 is 21.9. The zero-order valence-electron chi connectivity index (χ0n) is 18.9. The highest BCUT2D eigenvalue weighted by molar-refractivity contribution is 7.98. The van der Waals surface area contributed by atoms with Crippen LogP contribution in [0.5, 0.6) is 10.4 Å². The van der Waals surface area contributed by atoms with Crippen molar-refractivity contribution >= 4 is 59.5 Å². The predicted octanol–water partition coefficient (Wildman–Crippen LogP) is 8.56. The van der Waals surface area contributed by atoms with E-state index in [9.17, 15) is 0 Å². The first kappa shape index (κ1) is 29.5. The third-order valence-corrected chi connectivity index (χ3v) is 7.82. The molecule has 6 nitrogen and oxygen atoms in total. The summed E-state index contributed by atoms with van der Waals surface area (Å²) in [5, 5.41) is 8.82. The standard InChI is InChI=1S/C20H38N2O4S5/c1-3-5-7-9-11-13-15-27-23-17-29-25-19-21-22-20(31-19)26-30-18-24-28-16-14-12-10-8-6-4-2/h3-18H2,1-2H3. The summed E-state index contributed by atoms with van der Waals surface area (Å²) >= 11 is 6.70. The Morgan fingerprint density at radius 1 is 0.581 bits per heavy atom. The summed E-state index contributed by atoms with van der Waals surface area (Å²) in [4.78, 5) is 0. The van der Waals surface area contributed by atoms with Gasteiger partial charge in [0.2, 0.25) is 0 Å². The lowest BCUT2D eigenvalue weighted by Crippen LogP contribution is -1.88. The minimum Gasteiger partial charge on any atom is -0.392 e. The van der Waals surface area contributed by atoms with Crippen LogP contribution in [0.2, 0.25) is 0 Å². The van der Waals surface area contributed by atoms with Gasteiger partial charge in [0.05, 0.1) is 24.1 Å². The molecule has 0 atom stereocenters. The van der Waals surface area contributed by atoms with Gasteiger partial charge in [-0.15, -0.1) is 0 Å². The second-order valence-corrected chi connectivity index (χ2v) is 10.8. The molecule has 0 aliphatic rings. The van der Waals surface area contributed by atoms with Gasteiger partial charge in [-0.2, -0.15) is 0 Å². The van der Waals surface area contributed by atoms with Crippen LogP contribution in [0.1, 0.15) is 90.9 Å². The molecule has 0 saturated carbocycles. The van der Waals surface area contributed by atoms with E-state index < -0.39 is 0 Å². The SMILES string of the molecule is CCCCCCCCSOCSOc1nnc(OSCOSCCCCCCCC)s1. The molecule has 0 saturated heterocycles. The van der Waals surface area contributed by atoms with E-state index in [1.165, 1.54) is 137 Å². The normalized spacial score (nSPS) is 11.2. The molecule has 0 aromatic carbocycles.